The highest BCUT2D eigenvalue weighted by atomic mass is 35.5. The third-order valence-electron chi connectivity index (χ3n) is 3.80. The Labute approximate surface area is 131 Å². The molecular formula is C18H21ClFN. The van der Waals surface area contributed by atoms with Crippen LogP contribution in [0.4, 0.5) is 4.39 Å². The predicted molar refractivity (Wildman–Crippen MR) is 87.4 cm³/mol. The quantitative estimate of drug-likeness (QED) is 0.820. The Balaban J connectivity index is 2.32. The van der Waals surface area contributed by atoms with E-state index >= 15 is 0 Å². The van der Waals surface area contributed by atoms with Crippen molar-refractivity contribution < 1.29 is 4.39 Å². The molecule has 2 aromatic carbocycles. The lowest BCUT2D eigenvalue weighted by Crippen LogP contribution is -2.24. The molecule has 0 heterocycles. The van der Waals surface area contributed by atoms with Crippen molar-refractivity contribution in [1.29, 1.82) is 0 Å². The van der Waals surface area contributed by atoms with Gasteiger partial charge in [0.1, 0.15) is 5.82 Å². The molecule has 0 aliphatic rings. The number of likely N-dealkylation sites (N-methyl/N-ethyl adjacent to an activating group) is 1. The van der Waals surface area contributed by atoms with Crippen molar-refractivity contribution in [1.82, 2.24) is 5.32 Å². The largest absolute Gasteiger partial charge is 0.310 e. The molecule has 2 aromatic rings. The summed E-state index contributed by atoms with van der Waals surface area (Å²) in [7, 11) is 0. The Bertz CT molecular complexity index is 625. The smallest absolute Gasteiger partial charge is 0.123 e. The highest BCUT2D eigenvalue weighted by Crippen LogP contribution is 2.26. The summed E-state index contributed by atoms with van der Waals surface area (Å²) in [6, 6.07) is 11.1. The van der Waals surface area contributed by atoms with Crippen LogP contribution in [-0.4, -0.2) is 6.54 Å². The van der Waals surface area contributed by atoms with Crippen molar-refractivity contribution >= 4 is 11.6 Å². The second-order valence-electron chi connectivity index (χ2n) is 5.39. The first-order valence-corrected chi connectivity index (χ1v) is 7.63. The van der Waals surface area contributed by atoms with E-state index in [1.165, 1.54) is 17.2 Å². The van der Waals surface area contributed by atoms with E-state index in [1.807, 2.05) is 31.2 Å². The van der Waals surface area contributed by atoms with Crippen LogP contribution in [0.15, 0.2) is 36.4 Å². The third-order valence-corrected chi connectivity index (χ3v) is 4.03. The van der Waals surface area contributed by atoms with Gasteiger partial charge in [0.05, 0.1) is 0 Å². The average molecular weight is 306 g/mol. The number of aryl methyl sites for hydroxylation is 2. The maximum Gasteiger partial charge on any atom is 0.123 e. The zero-order valence-electron chi connectivity index (χ0n) is 12.7. The van der Waals surface area contributed by atoms with Gasteiger partial charge in [0.25, 0.3) is 0 Å². The molecule has 0 bridgehead atoms. The topological polar surface area (TPSA) is 12.0 Å². The highest BCUT2D eigenvalue weighted by molar-refractivity contribution is 6.30. The van der Waals surface area contributed by atoms with E-state index in [2.05, 4.69) is 19.2 Å². The minimum Gasteiger partial charge on any atom is -0.310 e. The summed E-state index contributed by atoms with van der Waals surface area (Å²) >= 11 is 6.14. The normalized spacial score (nSPS) is 12.4. The molecule has 1 nitrogen and oxygen atoms in total. The van der Waals surface area contributed by atoms with Crippen molar-refractivity contribution in [3.8, 4) is 0 Å². The molecule has 3 heteroatoms. The number of benzene rings is 2. The Morgan fingerprint density at radius 3 is 2.52 bits per heavy atom. The van der Waals surface area contributed by atoms with Gasteiger partial charge >= 0.3 is 0 Å². The number of hydrogen-bond donors (Lipinski definition) is 1. The third kappa shape index (κ3) is 4.05. The van der Waals surface area contributed by atoms with Crippen LogP contribution >= 0.6 is 11.6 Å². The first-order valence-electron chi connectivity index (χ1n) is 7.25. The van der Waals surface area contributed by atoms with Gasteiger partial charge in [-0.2, -0.15) is 0 Å². The van der Waals surface area contributed by atoms with Crippen LogP contribution in [0, 0.1) is 19.7 Å². The van der Waals surface area contributed by atoms with E-state index in [-0.39, 0.29) is 11.9 Å². The molecule has 0 radical (unpaired) electrons. The summed E-state index contributed by atoms with van der Waals surface area (Å²) in [6.45, 7) is 7.00. The minimum atomic E-state index is -0.185. The minimum absolute atomic E-state index is 0.179. The van der Waals surface area contributed by atoms with E-state index in [0.717, 1.165) is 29.1 Å². The van der Waals surface area contributed by atoms with Crippen molar-refractivity contribution in [3.63, 3.8) is 0 Å². The Kier molecular flexibility index (Phi) is 5.38. The monoisotopic (exact) mass is 305 g/mol. The molecule has 0 amide bonds. The summed E-state index contributed by atoms with van der Waals surface area (Å²) < 4.78 is 13.2. The number of nitrogens with one attached hydrogen (secondary N) is 1. The summed E-state index contributed by atoms with van der Waals surface area (Å²) in [4.78, 5) is 0. The fourth-order valence-corrected chi connectivity index (χ4v) is 2.81. The summed E-state index contributed by atoms with van der Waals surface area (Å²) in [6.07, 6.45) is 0.821. The van der Waals surface area contributed by atoms with Gasteiger partial charge in [-0.25, -0.2) is 4.39 Å². The number of hydrogen-bond acceptors (Lipinski definition) is 1. The molecule has 0 saturated heterocycles. The van der Waals surface area contributed by atoms with Gasteiger partial charge < -0.3 is 5.32 Å². The van der Waals surface area contributed by atoms with E-state index < -0.39 is 0 Å². The SMILES string of the molecule is CCNC(Cc1ccc(F)cc1C)c1cc(Cl)ccc1C. The van der Waals surface area contributed by atoms with Crippen molar-refractivity contribution in [2.45, 2.75) is 33.2 Å². The van der Waals surface area contributed by atoms with Gasteiger partial charge in [-0.05, 0) is 73.3 Å². The van der Waals surface area contributed by atoms with Gasteiger partial charge in [-0.3, -0.25) is 0 Å². The zero-order chi connectivity index (χ0) is 15.4. The van der Waals surface area contributed by atoms with Crippen LogP contribution in [0.25, 0.3) is 0 Å². The maximum absolute atomic E-state index is 13.2. The second kappa shape index (κ2) is 7.06. The first kappa shape index (κ1) is 16.0. The molecule has 0 aromatic heterocycles. The van der Waals surface area contributed by atoms with E-state index in [1.54, 1.807) is 6.07 Å². The van der Waals surface area contributed by atoms with Gasteiger partial charge in [-0.1, -0.05) is 30.7 Å². The molecule has 0 fully saturated rings. The van der Waals surface area contributed by atoms with Gasteiger partial charge in [-0.15, -0.1) is 0 Å². The molecule has 1 N–H and O–H groups in total. The molecule has 2 rings (SSSR count). The fourth-order valence-electron chi connectivity index (χ4n) is 2.63. The van der Waals surface area contributed by atoms with Crippen LogP contribution in [0.3, 0.4) is 0 Å². The highest BCUT2D eigenvalue weighted by Gasteiger charge is 2.15. The Morgan fingerprint density at radius 2 is 1.86 bits per heavy atom. The fraction of sp³-hybridized carbons (Fsp3) is 0.333. The molecule has 0 saturated carbocycles. The standard InChI is InChI=1S/C18H21ClFN/c1-4-21-18(17-11-15(19)7-5-12(17)2)10-14-6-8-16(20)9-13(14)3/h5-9,11,18,21H,4,10H2,1-3H3. The molecule has 21 heavy (non-hydrogen) atoms. The number of rotatable bonds is 5. The lowest BCUT2D eigenvalue weighted by molar-refractivity contribution is 0.545. The molecular weight excluding hydrogens is 285 g/mol. The molecule has 0 spiro atoms. The summed E-state index contributed by atoms with van der Waals surface area (Å²) in [5.41, 5.74) is 4.55. The molecule has 112 valence electrons. The molecule has 0 aliphatic carbocycles. The Hall–Kier alpha value is -1.38. The summed E-state index contributed by atoms with van der Waals surface area (Å²) in [5.74, 6) is -0.185. The van der Waals surface area contributed by atoms with Crippen molar-refractivity contribution in [2.75, 3.05) is 6.54 Å². The lowest BCUT2D eigenvalue weighted by Gasteiger charge is -2.22. The van der Waals surface area contributed by atoms with Crippen LogP contribution in [-0.2, 0) is 6.42 Å². The van der Waals surface area contributed by atoms with Crippen LogP contribution in [0.5, 0.6) is 0 Å². The predicted octanol–water partition coefficient (Wildman–Crippen LogP) is 4.99. The van der Waals surface area contributed by atoms with E-state index in [9.17, 15) is 4.39 Å². The molecule has 1 unspecified atom stereocenters. The zero-order valence-corrected chi connectivity index (χ0v) is 13.5. The lowest BCUT2D eigenvalue weighted by atomic mass is 9.93. The van der Waals surface area contributed by atoms with Gasteiger partial charge in [0, 0.05) is 11.1 Å². The van der Waals surface area contributed by atoms with Gasteiger partial charge in [0.15, 0.2) is 0 Å². The molecule has 0 aliphatic heterocycles. The summed E-state index contributed by atoms with van der Waals surface area (Å²) in [5, 5.41) is 4.25. The first-order chi connectivity index (χ1) is 10.0. The van der Waals surface area contributed by atoms with Crippen molar-refractivity contribution in [3.05, 3.63) is 69.5 Å². The van der Waals surface area contributed by atoms with Crippen LogP contribution in [0.2, 0.25) is 5.02 Å². The Morgan fingerprint density at radius 1 is 1.10 bits per heavy atom. The van der Waals surface area contributed by atoms with Crippen LogP contribution in [0.1, 0.15) is 35.2 Å². The average Bonchev–Trinajstić information content (AvgIpc) is 2.44. The second-order valence-corrected chi connectivity index (χ2v) is 5.82. The van der Waals surface area contributed by atoms with E-state index in [0.29, 0.717) is 0 Å². The van der Waals surface area contributed by atoms with Crippen molar-refractivity contribution in [2.24, 2.45) is 0 Å². The maximum atomic E-state index is 13.2. The molecule has 1 atom stereocenters. The van der Waals surface area contributed by atoms with Gasteiger partial charge in [0.2, 0.25) is 0 Å². The number of halogens is 2. The van der Waals surface area contributed by atoms with Crippen LogP contribution < -0.4 is 5.32 Å². The van der Waals surface area contributed by atoms with E-state index in [4.69, 9.17) is 11.6 Å².